The van der Waals surface area contributed by atoms with Crippen LogP contribution >= 0.6 is 0 Å². The highest BCUT2D eigenvalue weighted by molar-refractivity contribution is 5.94. The van der Waals surface area contributed by atoms with Gasteiger partial charge in [-0.1, -0.05) is 12.1 Å². The number of carbonyl (C=O) groups excluding carboxylic acids is 1. The average molecular weight is 267 g/mol. The molecule has 1 aromatic heterocycles. The van der Waals surface area contributed by atoms with Crippen LogP contribution in [0.25, 0.3) is 0 Å². The van der Waals surface area contributed by atoms with Crippen LogP contribution in [0.1, 0.15) is 27.0 Å². The summed E-state index contributed by atoms with van der Waals surface area (Å²) >= 11 is 0. The summed E-state index contributed by atoms with van der Waals surface area (Å²) in [5.74, 6) is 0.0450. The van der Waals surface area contributed by atoms with Gasteiger partial charge in [0.2, 0.25) is 0 Å². The number of amides is 1. The van der Waals surface area contributed by atoms with Crippen LogP contribution in [-0.2, 0) is 19.6 Å². The Hall–Kier alpha value is -2.20. The van der Waals surface area contributed by atoms with Gasteiger partial charge in [-0.05, 0) is 34.9 Å². The molecule has 2 aromatic rings. The van der Waals surface area contributed by atoms with Crippen molar-refractivity contribution < 1.29 is 4.79 Å². The standard InChI is InChI=1S/C16H17N3O/c1-19(11-12-3-2-6-17-8-12)16(20)13-4-5-14-9-18-10-15(14)7-13/h2-8,18H,9-11H2,1H3. The third kappa shape index (κ3) is 2.56. The number of nitrogens with zero attached hydrogens (tertiary/aromatic N) is 2. The Labute approximate surface area is 118 Å². The minimum atomic E-state index is 0.0450. The number of pyridine rings is 1. The van der Waals surface area contributed by atoms with Gasteiger partial charge in [0.1, 0.15) is 0 Å². The molecule has 1 aliphatic heterocycles. The fraction of sp³-hybridized carbons (Fsp3) is 0.250. The normalized spacial score (nSPS) is 13.1. The van der Waals surface area contributed by atoms with Gasteiger partial charge in [0.25, 0.3) is 5.91 Å². The van der Waals surface area contributed by atoms with Crippen molar-refractivity contribution in [2.45, 2.75) is 19.6 Å². The number of rotatable bonds is 3. The maximum Gasteiger partial charge on any atom is 0.253 e. The summed E-state index contributed by atoms with van der Waals surface area (Å²) in [5, 5.41) is 3.29. The van der Waals surface area contributed by atoms with Crippen molar-refractivity contribution in [1.82, 2.24) is 15.2 Å². The average Bonchev–Trinajstić information content (AvgIpc) is 2.94. The quantitative estimate of drug-likeness (QED) is 0.924. The van der Waals surface area contributed by atoms with Crippen molar-refractivity contribution >= 4 is 5.91 Å². The Morgan fingerprint density at radius 3 is 2.95 bits per heavy atom. The second-order valence-electron chi connectivity index (χ2n) is 5.11. The molecule has 2 heterocycles. The summed E-state index contributed by atoms with van der Waals surface area (Å²) < 4.78 is 0. The number of benzene rings is 1. The van der Waals surface area contributed by atoms with Crippen LogP contribution < -0.4 is 5.32 Å². The van der Waals surface area contributed by atoms with Crippen LogP contribution in [0.3, 0.4) is 0 Å². The van der Waals surface area contributed by atoms with E-state index in [0.717, 1.165) is 24.2 Å². The van der Waals surface area contributed by atoms with Crippen molar-refractivity contribution in [2.75, 3.05) is 7.05 Å². The molecule has 0 bridgehead atoms. The Morgan fingerprint density at radius 1 is 1.30 bits per heavy atom. The van der Waals surface area contributed by atoms with Gasteiger partial charge in [0.15, 0.2) is 0 Å². The monoisotopic (exact) mass is 267 g/mol. The van der Waals surface area contributed by atoms with Crippen molar-refractivity contribution in [3.63, 3.8) is 0 Å². The van der Waals surface area contributed by atoms with Gasteiger partial charge in [-0.25, -0.2) is 0 Å². The number of hydrogen-bond donors (Lipinski definition) is 1. The number of fused-ring (bicyclic) bond motifs is 1. The molecule has 1 aliphatic rings. The fourth-order valence-electron chi connectivity index (χ4n) is 2.49. The van der Waals surface area contributed by atoms with E-state index in [1.807, 2.05) is 37.4 Å². The first-order valence-electron chi connectivity index (χ1n) is 6.71. The van der Waals surface area contributed by atoms with Crippen molar-refractivity contribution in [2.24, 2.45) is 0 Å². The predicted octanol–water partition coefficient (Wildman–Crippen LogP) is 1.96. The van der Waals surface area contributed by atoms with Gasteiger partial charge in [-0.3, -0.25) is 9.78 Å². The first-order valence-corrected chi connectivity index (χ1v) is 6.71. The molecule has 102 valence electrons. The molecule has 0 unspecified atom stereocenters. The maximum absolute atomic E-state index is 12.4. The lowest BCUT2D eigenvalue weighted by atomic mass is 10.1. The van der Waals surface area contributed by atoms with E-state index in [4.69, 9.17) is 0 Å². The molecular formula is C16H17N3O. The summed E-state index contributed by atoms with van der Waals surface area (Å²) in [7, 11) is 1.82. The Morgan fingerprint density at radius 2 is 2.15 bits per heavy atom. The van der Waals surface area contributed by atoms with E-state index >= 15 is 0 Å². The summed E-state index contributed by atoms with van der Waals surface area (Å²) in [6.07, 6.45) is 3.52. The minimum absolute atomic E-state index is 0.0450. The second kappa shape index (κ2) is 5.43. The Balaban J connectivity index is 1.75. The van der Waals surface area contributed by atoms with Crippen molar-refractivity contribution in [1.29, 1.82) is 0 Å². The van der Waals surface area contributed by atoms with E-state index in [0.29, 0.717) is 6.54 Å². The van der Waals surface area contributed by atoms with Gasteiger partial charge in [-0.2, -0.15) is 0 Å². The van der Waals surface area contributed by atoms with Crippen LogP contribution in [0.15, 0.2) is 42.7 Å². The summed E-state index contributed by atoms with van der Waals surface area (Å²) in [5.41, 5.74) is 4.30. The molecule has 1 amide bonds. The molecule has 0 atom stereocenters. The summed E-state index contributed by atoms with van der Waals surface area (Å²) in [6.45, 7) is 2.32. The topological polar surface area (TPSA) is 45.2 Å². The first kappa shape index (κ1) is 12.8. The molecule has 0 fully saturated rings. The third-order valence-corrected chi connectivity index (χ3v) is 3.57. The van der Waals surface area contributed by atoms with Crippen LogP contribution in [0.4, 0.5) is 0 Å². The molecule has 0 saturated heterocycles. The number of carbonyl (C=O) groups is 1. The van der Waals surface area contributed by atoms with Gasteiger partial charge in [0.05, 0.1) is 0 Å². The molecule has 0 spiro atoms. The number of nitrogens with one attached hydrogen (secondary N) is 1. The molecule has 0 saturated carbocycles. The maximum atomic E-state index is 12.4. The highest BCUT2D eigenvalue weighted by Crippen LogP contribution is 2.18. The zero-order valence-electron chi connectivity index (χ0n) is 11.5. The van der Waals surface area contributed by atoms with E-state index in [1.165, 1.54) is 11.1 Å². The molecule has 0 aliphatic carbocycles. The fourth-order valence-corrected chi connectivity index (χ4v) is 2.49. The van der Waals surface area contributed by atoms with Crippen LogP contribution in [-0.4, -0.2) is 22.8 Å². The number of hydrogen-bond acceptors (Lipinski definition) is 3. The SMILES string of the molecule is CN(Cc1cccnc1)C(=O)c1ccc2c(c1)CNC2. The molecule has 20 heavy (non-hydrogen) atoms. The van der Waals surface area contributed by atoms with E-state index in [-0.39, 0.29) is 5.91 Å². The summed E-state index contributed by atoms with van der Waals surface area (Å²) in [6, 6.07) is 9.81. The van der Waals surface area contributed by atoms with Crippen LogP contribution in [0.5, 0.6) is 0 Å². The lowest BCUT2D eigenvalue weighted by molar-refractivity contribution is 0.0785. The van der Waals surface area contributed by atoms with Crippen molar-refractivity contribution in [3.05, 3.63) is 65.0 Å². The van der Waals surface area contributed by atoms with Gasteiger partial charge in [0, 0.05) is 44.6 Å². The van der Waals surface area contributed by atoms with E-state index in [2.05, 4.69) is 10.3 Å². The lowest BCUT2D eigenvalue weighted by Crippen LogP contribution is -2.26. The molecule has 3 rings (SSSR count). The zero-order valence-corrected chi connectivity index (χ0v) is 11.5. The molecule has 0 radical (unpaired) electrons. The van der Waals surface area contributed by atoms with Gasteiger partial charge >= 0.3 is 0 Å². The van der Waals surface area contributed by atoms with E-state index in [1.54, 1.807) is 17.3 Å². The molecule has 1 N–H and O–H groups in total. The highest BCUT2D eigenvalue weighted by Gasteiger charge is 2.16. The lowest BCUT2D eigenvalue weighted by Gasteiger charge is -2.17. The molecule has 1 aromatic carbocycles. The van der Waals surface area contributed by atoms with E-state index < -0.39 is 0 Å². The first-order chi connectivity index (χ1) is 9.74. The van der Waals surface area contributed by atoms with Crippen LogP contribution in [0.2, 0.25) is 0 Å². The second-order valence-corrected chi connectivity index (χ2v) is 5.11. The summed E-state index contributed by atoms with van der Waals surface area (Å²) in [4.78, 5) is 18.2. The predicted molar refractivity (Wildman–Crippen MR) is 77.0 cm³/mol. The molecular weight excluding hydrogens is 250 g/mol. The van der Waals surface area contributed by atoms with Crippen molar-refractivity contribution in [3.8, 4) is 0 Å². The smallest absolute Gasteiger partial charge is 0.253 e. The highest BCUT2D eigenvalue weighted by atomic mass is 16.2. The Kier molecular flexibility index (Phi) is 3.48. The van der Waals surface area contributed by atoms with Crippen LogP contribution in [0, 0.1) is 0 Å². The molecule has 4 heteroatoms. The third-order valence-electron chi connectivity index (χ3n) is 3.57. The van der Waals surface area contributed by atoms with Gasteiger partial charge < -0.3 is 10.2 Å². The Bertz CT molecular complexity index is 625. The van der Waals surface area contributed by atoms with E-state index in [9.17, 15) is 4.79 Å². The number of aromatic nitrogens is 1. The van der Waals surface area contributed by atoms with Gasteiger partial charge in [-0.15, -0.1) is 0 Å². The molecule has 4 nitrogen and oxygen atoms in total. The minimum Gasteiger partial charge on any atom is -0.337 e. The largest absolute Gasteiger partial charge is 0.337 e. The zero-order chi connectivity index (χ0) is 13.9.